The summed E-state index contributed by atoms with van der Waals surface area (Å²) in [5.74, 6) is 0.840. The van der Waals surface area contributed by atoms with E-state index in [4.69, 9.17) is 4.52 Å². The fourth-order valence-electron chi connectivity index (χ4n) is 3.36. The van der Waals surface area contributed by atoms with E-state index in [1.54, 1.807) is 0 Å². The van der Waals surface area contributed by atoms with Gasteiger partial charge in [-0.1, -0.05) is 47.6 Å². The lowest BCUT2D eigenvalue weighted by Crippen LogP contribution is -2.30. The number of nitrogens with one attached hydrogen (secondary N) is 1. The third kappa shape index (κ3) is 3.68. The zero-order chi connectivity index (χ0) is 16.9. The minimum absolute atomic E-state index is 0.630. The number of benzene rings is 2. The fraction of sp³-hybridized carbons (Fsp3) is 0.286. The Balaban J connectivity index is 1.46. The maximum atomic E-state index is 5.50. The normalized spacial score (nSPS) is 14.5. The van der Waals surface area contributed by atoms with E-state index in [0.29, 0.717) is 6.54 Å². The van der Waals surface area contributed by atoms with Crippen LogP contribution in [-0.4, -0.2) is 18.2 Å². The Kier molecular flexibility index (Phi) is 4.68. The molecule has 1 N–H and O–H groups in total. The Morgan fingerprint density at radius 1 is 0.920 bits per heavy atom. The molecule has 0 bridgehead atoms. The Bertz CT molecular complexity index is 807. The first kappa shape index (κ1) is 15.8. The van der Waals surface area contributed by atoms with Crippen LogP contribution in [0.25, 0.3) is 11.3 Å². The third-order valence-corrected chi connectivity index (χ3v) is 4.68. The summed E-state index contributed by atoms with van der Waals surface area (Å²) in [6, 6.07) is 20.6. The van der Waals surface area contributed by atoms with Crippen molar-refractivity contribution < 1.29 is 4.52 Å². The molecular weight excluding hydrogens is 310 g/mol. The standard InChI is InChI=1S/C21H23N3O/c1-3-9-17(10-4-1)20-15-18(25-23-20)16-22-19-11-5-6-12-21(19)24-13-7-2-8-14-24/h1,3-6,9-12,15,22H,2,7-8,13-14,16H2. The largest absolute Gasteiger partial charge is 0.376 e. The van der Waals surface area contributed by atoms with Gasteiger partial charge in [-0.2, -0.15) is 0 Å². The molecule has 0 aliphatic carbocycles. The number of rotatable bonds is 5. The topological polar surface area (TPSA) is 41.3 Å². The van der Waals surface area contributed by atoms with Crippen LogP contribution in [0, 0.1) is 0 Å². The van der Waals surface area contributed by atoms with Crippen molar-refractivity contribution in [3.8, 4) is 11.3 Å². The van der Waals surface area contributed by atoms with E-state index in [-0.39, 0.29) is 0 Å². The summed E-state index contributed by atoms with van der Waals surface area (Å²) in [6.45, 7) is 2.91. The molecule has 1 aromatic heterocycles. The average Bonchev–Trinajstić information content (AvgIpc) is 3.17. The van der Waals surface area contributed by atoms with Crippen molar-refractivity contribution in [1.82, 2.24) is 5.16 Å². The van der Waals surface area contributed by atoms with Crippen LogP contribution in [0.5, 0.6) is 0 Å². The van der Waals surface area contributed by atoms with Crippen LogP contribution in [0.2, 0.25) is 0 Å². The molecule has 4 rings (SSSR count). The first-order valence-electron chi connectivity index (χ1n) is 8.99. The highest BCUT2D eigenvalue weighted by Crippen LogP contribution is 2.29. The highest BCUT2D eigenvalue weighted by molar-refractivity contribution is 5.70. The highest BCUT2D eigenvalue weighted by Gasteiger charge is 2.14. The molecule has 0 radical (unpaired) electrons. The Morgan fingerprint density at radius 3 is 2.52 bits per heavy atom. The van der Waals surface area contributed by atoms with Crippen LogP contribution < -0.4 is 10.2 Å². The fourth-order valence-corrected chi connectivity index (χ4v) is 3.36. The number of anilines is 2. The monoisotopic (exact) mass is 333 g/mol. The van der Waals surface area contributed by atoms with Gasteiger partial charge in [0.2, 0.25) is 0 Å². The summed E-state index contributed by atoms with van der Waals surface area (Å²) in [4.78, 5) is 2.47. The third-order valence-electron chi connectivity index (χ3n) is 4.68. The molecule has 0 atom stereocenters. The van der Waals surface area contributed by atoms with E-state index in [1.807, 2.05) is 36.4 Å². The maximum Gasteiger partial charge on any atom is 0.156 e. The molecule has 2 heterocycles. The van der Waals surface area contributed by atoms with Crippen molar-refractivity contribution in [2.75, 3.05) is 23.3 Å². The van der Waals surface area contributed by atoms with Crippen molar-refractivity contribution in [2.24, 2.45) is 0 Å². The molecule has 0 amide bonds. The van der Waals surface area contributed by atoms with Gasteiger partial charge in [-0.05, 0) is 31.4 Å². The van der Waals surface area contributed by atoms with E-state index in [9.17, 15) is 0 Å². The van der Waals surface area contributed by atoms with Crippen LogP contribution in [0.3, 0.4) is 0 Å². The number of hydrogen-bond donors (Lipinski definition) is 1. The first-order valence-corrected chi connectivity index (χ1v) is 8.99. The summed E-state index contributed by atoms with van der Waals surface area (Å²) >= 11 is 0. The molecule has 0 unspecified atom stereocenters. The lowest BCUT2D eigenvalue weighted by atomic mass is 10.1. The minimum atomic E-state index is 0.630. The molecule has 4 heteroatoms. The smallest absolute Gasteiger partial charge is 0.156 e. The molecule has 1 fully saturated rings. The first-order chi connectivity index (χ1) is 12.4. The van der Waals surface area contributed by atoms with Crippen molar-refractivity contribution in [3.63, 3.8) is 0 Å². The predicted molar refractivity (Wildman–Crippen MR) is 102 cm³/mol. The summed E-state index contributed by atoms with van der Waals surface area (Å²) in [5, 5.41) is 7.70. The minimum Gasteiger partial charge on any atom is -0.376 e. The zero-order valence-electron chi connectivity index (χ0n) is 14.3. The molecule has 128 valence electrons. The highest BCUT2D eigenvalue weighted by atomic mass is 16.5. The van der Waals surface area contributed by atoms with Gasteiger partial charge in [0, 0.05) is 24.7 Å². The van der Waals surface area contributed by atoms with Crippen molar-refractivity contribution in [1.29, 1.82) is 0 Å². The van der Waals surface area contributed by atoms with Crippen LogP contribution in [-0.2, 0) is 6.54 Å². The van der Waals surface area contributed by atoms with Crippen LogP contribution in [0.15, 0.2) is 65.2 Å². The average molecular weight is 333 g/mol. The Morgan fingerprint density at radius 2 is 1.68 bits per heavy atom. The maximum absolute atomic E-state index is 5.50. The van der Waals surface area contributed by atoms with Gasteiger partial charge in [0.15, 0.2) is 5.76 Å². The lowest BCUT2D eigenvalue weighted by molar-refractivity contribution is 0.390. The van der Waals surface area contributed by atoms with Crippen molar-refractivity contribution >= 4 is 11.4 Å². The summed E-state index contributed by atoms with van der Waals surface area (Å²) in [7, 11) is 0. The van der Waals surface area contributed by atoms with Crippen LogP contribution in [0.1, 0.15) is 25.0 Å². The van der Waals surface area contributed by atoms with Gasteiger partial charge in [-0.25, -0.2) is 0 Å². The Labute approximate surface area is 148 Å². The van der Waals surface area contributed by atoms with E-state index in [0.717, 1.165) is 35.8 Å². The summed E-state index contributed by atoms with van der Waals surface area (Å²) < 4.78 is 5.50. The molecule has 0 saturated carbocycles. The van der Waals surface area contributed by atoms with Crippen molar-refractivity contribution in [3.05, 3.63) is 66.4 Å². The van der Waals surface area contributed by atoms with E-state index < -0.39 is 0 Å². The second-order valence-corrected chi connectivity index (χ2v) is 6.46. The molecular formula is C21H23N3O. The van der Waals surface area contributed by atoms with Crippen LogP contribution in [0.4, 0.5) is 11.4 Å². The van der Waals surface area contributed by atoms with Gasteiger partial charge in [0.05, 0.1) is 17.9 Å². The molecule has 1 saturated heterocycles. The SMILES string of the molecule is c1ccc(-c2cc(CNc3ccccc3N3CCCCC3)on2)cc1. The lowest BCUT2D eigenvalue weighted by Gasteiger charge is -2.30. The van der Waals surface area contributed by atoms with Gasteiger partial charge in [-0.3, -0.25) is 0 Å². The summed E-state index contributed by atoms with van der Waals surface area (Å²) in [6.07, 6.45) is 3.89. The second-order valence-electron chi connectivity index (χ2n) is 6.46. The quantitative estimate of drug-likeness (QED) is 0.718. The van der Waals surface area contributed by atoms with Crippen LogP contribution >= 0.6 is 0 Å². The molecule has 25 heavy (non-hydrogen) atoms. The molecule has 1 aliphatic rings. The zero-order valence-corrected chi connectivity index (χ0v) is 14.3. The number of nitrogens with zero attached hydrogens (tertiary/aromatic N) is 2. The Hall–Kier alpha value is -2.75. The van der Waals surface area contributed by atoms with Gasteiger partial charge in [0.25, 0.3) is 0 Å². The molecule has 2 aromatic carbocycles. The van der Waals surface area contributed by atoms with Gasteiger partial charge >= 0.3 is 0 Å². The molecule has 3 aromatic rings. The molecule has 1 aliphatic heterocycles. The van der Waals surface area contributed by atoms with Crippen molar-refractivity contribution in [2.45, 2.75) is 25.8 Å². The van der Waals surface area contributed by atoms with Gasteiger partial charge in [0.1, 0.15) is 5.69 Å². The molecule has 0 spiro atoms. The van der Waals surface area contributed by atoms with Gasteiger partial charge < -0.3 is 14.7 Å². The van der Waals surface area contributed by atoms with Gasteiger partial charge in [-0.15, -0.1) is 0 Å². The number of hydrogen-bond acceptors (Lipinski definition) is 4. The van der Waals surface area contributed by atoms with E-state index in [2.05, 4.69) is 39.6 Å². The molecule has 4 nitrogen and oxygen atoms in total. The van der Waals surface area contributed by atoms with E-state index in [1.165, 1.54) is 24.9 Å². The predicted octanol–water partition coefficient (Wildman–Crippen LogP) is 4.94. The number of piperidine rings is 1. The van der Waals surface area contributed by atoms with E-state index >= 15 is 0 Å². The second kappa shape index (κ2) is 7.43. The number of aromatic nitrogens is 1. The number of para-hydroxylation sites is 2. The summed E-state index contributed by atoms with van der Waals surface area (Å²) in [5.41, 5.74) is 4.39.